The van der Waals surface area contributed by atoms with Gasteiger partial charge in [-0.2, -0.15) is 0 Å². The fourth-order valence-electron chi connectivity index (χ4n) is 3.39. The number of carbonyl (C=O) groups excluding carboxylic acids is 1. The van der Waals surface area contributed by atoms with Crippen molar-refractivity contribution in [1.29, 1.82) is 0 Å². The highest BCUT2D eigenvalue weighted by atomic mass is 19.1. The van der Waals surface area contributed by atoms with Crippen LogP contribution in [0.15, 0.2) is 42.5 Å². The van der Waals surface area contributed by atoms with Crippen LogP contribution in [0.3, 0.4) is 0 Å². The summed E-state index contributed by atoms with van der Waals surface area (Å²) < 4.78 is 27.2. The van der Waals surface area contributed by atoms with Gasteiger partial charge in [-0.25, -0.2) is 13.6 Å². The monoisotopic (exact) mass is 444 g/mol. The third-order valence-electron chi connectivity index (χ3n) is 4.59. The van der Waals surface area contributed by atoms with E-state index in [1.165, 1.54) is 12.1 Å². The summed E-state index contributed by atoms with van der Waals surface area (Å²) in [6, 6.07) is 8.44. The van der Waals surface area contributed by atoms with Gasteiger partial charge in [0.15, 0.2) is 0 Å². The SMILES string of the molecule is CC(C)CN(CC(C)C)c1ccc(/C=C/C(=O)O)cc1NC(=O)Cc1ccc(F)cc1F. The number of carboxylic acid groups (broad SMARTS) is 1. The molecule has 0 unspecified atom stereocenters. The van der Waals surface area contributed by atoms with Gasteiger partial charge < -0.3 is 15.3 Å². The fourth-order valence-corrected chi connectivity index (χ4v) is 3.39. The molecule has 0 heterocycles. The number of hydrogen-bond donors (Lipinski definition) is 2. The van der Waals surface area contributed by atoms with Gasteiger partial charge in [0.2, 0.25) is 5.91 Å². The summed E-state index contributed by atoms with van der Waals surface area (Å²) in [5, 5.41) is 11.7. The van der Waals surface area contributed by atoms with Crippen molar-refractivity contribution in [1.82, 2.24) is 0 Å². The van der Waals surface area contributed by atoms with Gasteiger partial charge in [-0.1, -0.05) is 39.8 Å². The molecule has 0 saturated carbocycles. The lowest BCUT2D eigenvalue weighted by atomic mass is 10.1. The summed E-state index contributed by atoms with van der Waals surface area (Å²) in [6.45, 7) is 9.94. The molecular formula is C25H30F2N2O3. The number of benzene rings is 2. The summed E-state index contributed by atoms with van der Waals surface area (Å²) in [7, 11) is 0. The Morgan fingerprint density at radius 2 is 1.69 bits per heavy atom. The largest absolute Gasteiger partial charge is 0.478 e. The van der Waals surface area contributed by atoms with Gasteiger partial charge in [0.25, 0.3) is 0 Å². The Hall–Kier alpha value is -3.22. The molecule has 0 spiro atoms. The number of nitrogens with zero attached hydrogens (tertiary/aromatic N) is 1. The first-order valence-corrected chi connectivity index (χ1v) is 10.6. The Labute approximate surface area is 187 Å². The van der Waals surface area contributed by atoms with E-state index in [1.807, 2.05) is 6.07 Å². The first kappa shape index (κ1) is 25.0. The number of halogens is 2. The predicted octanol–water partition coefficient (Wildman–Crippen LogP) is 5.36. The Bertz CT molecular complexity index is 977. The van der Waals surface area contributed by atoms with Crippen LogP contribution in [0.25, 0.3) is 6.08 Å². The molecule has 0 saturated heterocycles. The van der Waals surface area contributed by atoms with Crippen LogP contribution in [0.4, 0.5) is 20.2 Å². The summed E-state index contributed by atoms with van der Waals surface area (Å²) in [6.07, 6.45) is 2.21. The van der Waals surface area contributed by atoms with Gasteiger partial charge in [0.1, 0.15) is 11.6 Å². The van der Waals surface area contributed by atoms with Crippen LogP contribution < -0.4 is 10.2 Å². The van der Waals surface area contributed by atoms with Crippen LogP contribution in [0.2, 0.25) is 0 Å². The predicted molar refractivity (Wildman–Crippen MR) is 124 cm³/mol. The first-order valence-electron chi connectivity index (χ1n) is 10.6. The van der Waals surface area contributed by atoms with Crippen molar-refractivity contribution < 1.29 is 23.5 Å². The lowest BCUT2D eigenvalue weighted by Crippen LogP contribution is -2.32. The zero-order valence-electron chi connectivity index (χ0n) is 18.9. The van der Waals surface area contributed by atoms with E-state index in [1.54, 1.807) is 12.1 Å². The van der Waals surface area contributed by atoms with Gasteiger partial charge in [-0.05, 0) is 47.2 Å². The van der Waals surface area contributed by atoms with Crippen molar-refractivity contribution in [2.24, 2.45) is 11.8 Å². The van der Waals surface area contributed by atoms with E-state index in [0.29, 0.717) is 23.1 Å². The third kappa shape index (κ3) is 7.80. The summed E-state index contributed by atoms with van der Waals surface area (Å²) in [5.74, 6) is -2.27. The average molecular weight is 445 g/mol. The van der Waals surface area contributed by atoms with Gasteiger partial charge in [0.05, 0.1) is 17.8 Å². The van der Waals surface area contributed by atoms with Crippen molar-refractivity contribution in [3.63, 3.8) is 0 Å². The number of aliphatic carboxylic acids is 1. The topological polar surface area (TPSA) is 69.6 Å². The molecule has 32 heavy (non-hydrogen) atoms. The molecule has 7 heteroatoms. The zero-order chi connectivity index (χ0) is 23.8. The molecule has 1 amide bonds. The quantitative estimate of drug-likeness (QED) is 0.484. The van der Waals surface area contributed by atoms with Crippen LogP contribution in [-0.4, -0.2) is 30.1 Å². The highest BCUT2D eigenvalue weighted by Gasteiger charge is 2.17. The maximum Gasteiger partial charge on any atom is 0.328 e. The lowest BCUT2D eigenvalue weighted by Gasteiger charge is -2.30. The highest BCUT2D eigenvalue weighted by Crippen LogP contribution is 2.30. The van der Waals surface area contributed by atoms with E-state index in [4.69, 9.17) is 5.11 Å². The van der Waals surface area contributed by atoms with E-state index in [0.717, 1.165) is 37.0 Å². The Kier molecular flexibility index (Phi) is 8.93. The smallest absolute Gasteiger partial charge is 0.328 e. The zero-order valence-corrected chi connectivity index (χ0v) is 18.9. The van der Waals surface area contributed by atoms with Crippen molar-refractivity contribution in [2.75, 3.05) is 23.3 Å². The summed E-state index contributed by atoms with van der Waals surface area (Å²) in [4.78, 5) is 25.8. The highest BCUT2D eigenvalue weighted by molar-refractivity contribution is 5.96. The molecular weight excluding hydrogens is 414 g/mol. The number of carbonyl (C=O) groups is 2. The van der Waals surface area contributed by atoms with Crippen LogP contribution in [0.1, 0.15) is 38.8 Å². The molecule has 0 aliphatic rings. The lowest BCUT2D eigenvalue weighted by molar-refractivity contribution is -0.131. The number of carboxylic acids is 1. The molecule has 0 radical (unpaired) electrons. The van der Waals surface area contributed by atoms with E-state index in [-0.39, 0.29) is 12.0 Å². The second-order valence-corrected chi connectivity index (χ2v) is 8.60. The second-order valence-electron chi connectivity index (χ2n) is 8.60. The minimum Gasteiger partial charge on any atom is -0.478 e. The van der Waals surface area contributed by atoms with Crippen molar-refractivity contribution in [3.8, 4) is 0 Å². The van der Waals surface area contributed by atoms with Gasteiger partial charge in [-0.3, -0.25) is 4.79 Å². The number of hydrogen-bond acceptors (Lipinski definition) is 3. The van der Waals surface area contributed by atoms with E-state index in [2.05, 4.69) is 37.9 Å². The fraction of sp³-hybridized carbons (Fsp3) is 0.360. The molecule has 0 aromatic heterocycles. The van der Waals surface area contributed by atoms with Crippen molar-refractivity contribution in [3.05, 3.63) is 65.2 Å². The van der Waals surface area contributed by atoms with Crippen LogP contribution in [0.5, 0.6) is 0 Å². The normalized spacial score (nSPS) is 11.4. The number of amides is 1. The maximum atomic E-state index is 14.0. The number of anilines is 2. The van der Waals surface area contributed by atoms with Crippen molar-refractivity contribution >= 4 is 29.3 Å². The number of nitrogens with one attached hydrogen (secondary N) is 1. The van der Waals surface area contributed by atoms with Gasteiger partial charge in [0, 0.05) is 25.2 Å². The molecule has 0 aliphatic heterocycles. The Morgan fingerprint density at radius 3 is 2.25 bits per heavy atom. The molecule has 172 valence electrons. The minimum atomic E-state index is -1.08. The molecule has 0 bridgehead atoms. The van der Waals surface area contributed by atoms with Crippen LogP contribution in [0, 0.1) is 23.5 Å². The molecule has 2 N–H and O–H groups in total. The average Bonchev–Trinajstić information content (AvgIpc) is 2.67. The van der Waals surface area contributed by atoms with Gasteiger partial charge >= 0.3 is 5.97 Å². The molecule has 2 aromatic carbocycles. The molecule has 5 nitrogen and oxygen atoms in total. The third-order valence-corrected chi connectivity index (χ3v) is 4.59. The first-order chi connectivity index (χ1) is 15.0. The molecule has 2 rings (SSSR count). The molecule has 0 atom stereocenters. The molecule has 0 fully saturated rings. The summed E-state index contributed by atoms with van der Waals surface area (Å²) in [5.41, 5.74) is 2.00. The van der Waals surface area contributed by atoms with Crippen LogP contribution in [-0.2, 0) is 16.0 Å². The van der Waals surface area contributed by atoms with Crippen LogP contribution >= 0.6 is 0 Å². The summed E-state index contributed by atoms with van der Waals surface area (Å²) >= 11 is 0. The number of rotatable bonds is 10. The molecule has 2 aromatic rings. The standard InChI is InChI=1S/C25H30F2N2O3/c1-16(2)14-29(15-17(3)4)23-9-5-18(6-10-25(31)32)11-22(23)28-24(30)12-19-7-8-20(26)13-21(19)27/h5-11,13,16-17H,12,14-15H2,1-4H3,(H,28,30)(H,31,32)/b10-6+. The maximum absolute atomic E-state index is 14.0. The van der Waals surface area contributed by atoms with E-state index >= 15 is 0 Å². The van der Waals surface area contributed by atoms with Gasteiger partial charge in [-0.15, -0.1) is 0 Å². The second kappa shape index (κ2) is 11.4. The van der Waals surface area contributed by atoms with E-state index in [9.17, 15) is 18.4 Å². The van der Waals surface area contributed by atoms with Crippen molar-refractivity contribution in [2.45, 2.75) is 34.1 Å². The van der Waals surface area contributed by atoms with E-state index < -0.39 is 23.5 Å². The Morgan fingerprint density at radius 1 is 1.03 bits per heavy atom. The minimum absolute atomic E-state index is 0.0913. The molecule has 0 aliphatic carbocycles. The Balaban J connectivity index is 2.39.